The summed E-state index contributed by atoms with van der Waals surface area (Å²) < 4.78 is 40.5. The predicted octanol–water partition coefficient (Wildman–Crippen LogP) is 3.61. The zero-order chi connectivity index (χ0) is 13.8. The lowest BCUT2D eigenvalue weighted by atomic mass is 9.98. The highest BCUT2D eigenvalue weighted by Crippen LogP contribution is 2.23. The van der Waals surface area contributed by atoms with Crippen LogP contribution in [-0.4, -0.2) is 7.05 Å². The minimum absolute atomic E-state index is 0.200. The van der Waals surface area contributed by atoms with E-state index in [-0.39, 0.29) is 17.8 Å². The highest BCUT2D eigenvalue weighted by Gasteiger charge is 2.18. The maximum absolute atomic E-state index is 13.7. The molecule has 2 rings (SSSR count). The van der Waals surface area contributed by atoms with Crippen LogP contribution in [0.1, 0.15) is 17.2 Å². The molecule has 1 N–H and O–H groups in total. The molecule has 0 saturated carbocycles. The number of rotatable bonds is 4. The van der Waals surface area contributed by atoms with Crippen molar-refractivity contribution in [2.45, 2.75) is 12.5 Å². The maximum Gasteiger partial charge on any atom is 0.163 e. The second kappa shape index (κ2) is 5.89. The van der Waals surface area contributed by atoms with Gasteiger partial charge in [0, 0.05) is 11.6 Å². The Bertz CT molecular complexity index is 569. The van der Waals surface area contributed by atoms with Gasteiger partial charge in [-0.1, -0.05) is 30.3 Å². The van der Waals surface area contributed by atoms with Crippen LogP contribution in [0.2, 0.25) is 0 Å². The van der Waals surface area contributed by atoms with E-state index in [1.165, 1.54) is 18.2 Å². The molecule has 1 atom stereocenters. The molecule has 0 bridgehead atoms. The fourth-order valence-electron chi connectivity index (χ4n) is 2.04. The van der Waals surface area contributed by atoms with Gasteiger partial charge in [0.1, 0.15) is 5.82 Å². The first-order valence-electron chi connectivity index (χ1n) is 5.98. The number of benzene rings is 2. The first kappa shape index (κ1) is 13.6. The molecule has 19 heavy (non-hydrogen) atoms. The molecule has 0 aliphatic rings. The van der Waals surface area contributed by atoms with Crippen molar-refractivity contribution in [3.05, 3.63) is 71.0 Å². The Hall–Kier alpha value is -1.81. The molecular weight excluding hydrogens is 251 g/mol. The molecule has 1 unspecified atom stereocenters. The molecule has 0 heterocycles. The van der Waals surface area contributed by atoms with Gasteiger partial charge in [-0.15, -0.1) is 0 Å². The zero-order valence-electron chi connectivity index (χ0n) is 10.5. The number of likely N-dealkylation sites (N-methyl/N-ethyl adjacent to an activating group) is 1. The summed E-state index contributed by atoms with van der Waals surface area (Å²) in [4.78, 5) is 0. The Kier molecular flexibility index (Phi) is 4.22. The number of halogens is 3. The maximum atomic E-state index is 13.7. The van der Waals surface area contributed by atoms with Crippen molar-refractivity contribution in [3.63, 3.8) is 0 Å². The fraction of sp³-hybridized carbons (Fsp3) is 0.200. The Morgan fingerprint density at radius 1 is 0.947 bits per heavy atom. The Balaban J connectivity index is 2.31. The lowest BCUT2D eigenvalue weighted by Crippen LogP contribution is -2.21. The highest BCUT2D eigenvalue weighted by atomic mass is 19.2. The third kappa shape index (κ3) is 2.96. The average molecular weight is 265 g/mol. The summed E-state index contributed by atoms with van der Waals surface area (Å²) in [6.07, 6.45) is 0.254. The van der Waals surface area contributed by atoms with Gasteiger partial charge >= 0.3 is 0 Å². The molecule has 1 nitrogen and oxygen atoms in total. The summed E-state index contributed by atoms with van der Waals surface area (Å²) in [5.41, 5.74) is 0.663. The van der Waals surface area contributed by atoms with E-state index >= 15 is 0 Å². The van der Waals surface area contributed by atoms with E-state index in [9.17, 15) is 13.2 Å². The van der Waals surface area contributed by atoms with Crippen LogP contribution in [0.15, 0.2) is 42.5 Å². The van der Waals surface area contributed by atoms with Crippen LogP contribution in [0.3, 0.4) is 0 Å². The van der Waals surface area contributed by atoms with E-state index in [0.29, 0.717) is 5.56 Å². The second-order valence-corrected chi connectivity index (χ2v) is 4.28. The topological polar surface area (TPSA) is 12.0 Å². The fourth-order valence-corrected chi connectivity index (χ4v) is 2.04. The van der Waals surface area contributed by atoms with Crippen LogP contribution in [0.25, 0.3) is 0 Å². The summed E-state index contributed by atoms with van der Waals surface area (Å²) in [5, 5.41) is 2.89. The summed E-state index contributed by atoms with van der Waals surface area (Å²) in [6, 6.07) is 9.82. The van der Waals surface area contributed by atoms with Crippen LogP contribution in [0.5, 0.6) is 0 Å². The normalized spacial score (nSPS) is 12.4. The first-order valence-corrected chi connectivity index (χ1v) is 5.98. The van der Waals surface area contributed by atoms with Gasteiger partial charge in [0.25, 0.3) is 0 Å². The summed E-state index contributed by atoms with van der Waals surface area (Å²) >= 11 is 0. The molecule has 0 aliphatic carbocycles. The summed E-state index contributed by atoms with van der Waals surface area (Å²) in [6.45, 7) is 0. The van der Waals surface area contributed by atoms with E-state index in [2.05, 4.69) is 5.32 Å². The molecule has 0 saturated heterocycles. The lowest BCUT2D eigenvalue weighted by molar-refractivity contribution is 0.470. The zero-order valence-corrected chi connectivity index (χ0v) is 10.5. The third-order valence-electron chi connectivity index (χ3n) is 3.09. The van der Waals surface area contributed by atoms with Gasteiger partial charge in [0.15, 0.2) is 11.6 Å². The van der Waals surface area contributed by atoms with Gasteiger partial charge in [-0.05, 0) is 31.2 Å². The molecule has 0 amide bonds. The first-order chi connectivity index (χ1) is 9.13. The second-order valence-electron chi connectivity index (χ2n) is 4.28. The van der Waals surface area contributed by atoms with Gasteiger partial charge in [-0.3, -0.25) is 0 Å². The molecular formula is C15H14F3N. The van der Waals surface area contributed by atoms with Crippen molar-refractivity contribution in [1.29, 1.82) is 0 Å². The molecule has 0 aromatic heterocycles. The van der Waals surface area contributed by atoms with Crippen molar-refractivity contribution >= 4 is 0 Å². The van der Waals surface area contributed by atoms with Crippen molar-refractivity contribution in [2.24, 2.45) is 0 Å². The SMILES string of the molecule is CNC(Cc1ccccc1F)c1cccc(F)c1F. The molecule has 2 aromatic carbocycles. The highest BCUT2D eigenvalue weighted by molar-refractivity contribution is 5.26. The molecule has 0 spiro atoms. The smallest absolute Gasteiger partial charge is 0.163 e. The van der Waals surface area contributed by atoms with E-state index in [0.717, 1.165) is 6.07 Å². The van der Waals surface area contributed by atoms with Crippen molar-refractivity contribution in [2.75, 3.05) is 7.05 Å². The van der Waals surface area contributed by atoms with E-state index in [1.54, 1.807) is 25.2 Å². The number of hydrogen-bond donors (Lipinski definition) is 1. The summed E-state index contributed by atoms with van der Waals surface area (Å²) in [7, 11) is 1.63. The van der Waals surface area contributed by atoms with Gasteiger partial charge in [0.2, 0.25) is 0 Å². The van der Waals surface area contributed by atoms with Crippen molar-refractivity contribution in [1.82, 2.24) is 5.32 Å². The van der Waals surface area contributed by atoms with Crippen LogP contribution >= 0.6 is 0 Å². The Morgan fingerprint density at radius 2 is 1.63 bits per heavy atom. The van der Waals surface area contributed by atoms with Gasteiger partial charge in [-0.2, -0.15) is 0 Å². The monoisotopic (exact) mass is 265 g/mol. The van der Waals surface area contributed by atoms with Gasteiger partial charge in [-0.25, -0.2) is 13.2 Å². The van der Waals surface area contributed by atoms with E-state index in [1.807, 2.05) is 0 Å². The Labute approximate surface area is 110 Å². The Morgan fingerprint density at radius 3 is 2.32 bits per heavy atom. The largest absolute Gasteiger partial charge is 0.313 e. The minimum atomic E-state index is -0.897. The number of hydrogen-bond acceptors (Lipinski definition) is 1. The molecule has 4 heteroatoms. The molecule has 100 valence electrons. The minimum Gasteiger partial charge on any atom is -0.313 e. The van der Waals surface area contributed by atoms with Crippen LogP contribution in [0, 0.1) is 17.5 Å². The van der Waals surface area contributed by atoms with Crippen LogP contribution in [0.4, 0.5) is 13.2 Å². The molecule has 2 aromatic rings. The average Bonchev–Trinajstić information content (AvgIpc) is 2.41. The standard InChI is InChI=1S/C15H14F3N/c1-19-14(9-10-5-2-3-7-12(10)16)11-6-4-8-13(17)15(11)18/h2-8,14,19H,9H2,1H3. The van der Waals surface area contributed by atoms with Crippen molar-refractivity contribution < 1.29 is 13.2 Å². The van der Waals surface area contributed by atoms with E-state index in [4.69, 9.17) is 0 Å². The van der Waals surface area contributed by atoms with Gasteiger partial charge < -0.3 is 5.32 Å². The lowest BCUT2D eigenvalue weighted by Gasteiger charge is -2.18. The van der Waals surface area contributed by atoms with Crippen molar-refractivity contribution in [3.8, 4) is 0 Å². The third-order valence-corrected chi connectivity index (χ3v) is 3.09. The molecule has 0 radical (unpaired) electrons. The molecule has 0 fully saturated rings. The molecule has 0 aliphatic heterocycles. The quantitative estimate of drug-likeness (QED) is 0.890. The van der Waals surface area contributed by atoms with Crippen LogP contribution in [-0.2, 0) is 6.42 Å². The number of nitrogens with one attached hydrogen (secondary N) is 1. The van der Waals surface area contributed by atoms with E-state index < -0.39 is 17.7 Å². The predicted molar refractivity (Wildman–Crippen MR) is 68.3 cm³/mol. The van der Waals surface area contributed by atoms with Gasteiger partial charge in [0.05, 0.1) is 0 Å². The summed E-state index contributed by atoms with van der Waals surface area (Å²) in [5.74, 6) is -2.14. The van der Waals surface area contributed by atoms with Crippen LogP contribution < -0.4 is 5.32 Å².